The van der Waals surface area contributed by atoms with Crippen molar-refractivity contribution in [1.82, 2.24) is 5.32 Å². The van der Waals surface area contributed by atoms with E-state index in [0.717, 1.165) is 17.9 Å². The van der Waals surface area contributed by atoms with Crippen LogP contribution in [0.15, 0.2) is 59.5 Å². The number of aryl methyl sites for hydroxylation is 1. The van der Waals surface area contributed by atoms with Gasteiger partial charge in [-0.05, 0) is 61.8 Å². The highest BCUT2D eigenvalue weighted by Crippen LogP contribution is 2.44. The number of rotatable bonds is 6. The number of anilines is 1. The van der Waals surface area contributed by atoms with Gasteiger partial charge in [0.15, 0.2) is 0 Å². The summed E-state index contributed by atoms with van der Waals surface area (Å²) in [4.78, 5) is 13.0. The molecule has 2 bridgehead atoms. The summed E-state index contributed by atoms with van der Waals surface area (Å²) in [6.45, 7) is 1.65. The first-order valence-electron chi connectivity index (χ1n) is 9.88. The molecule has 0 radical (unpaired) electrons. The molecule has 0 unspecified atom stereocenters. The van der Waals surface area contributed by atoms with E-state index in [9.17, 15) is 13.2 Å². The number of hydrogen-bond acceptors (Lipinski definition) is 3. The maximum Gasteiger partial charge on any atom is 0.264 e. The van der Waals surface area contributed by atoms with E-state index >= 15 is 0 Å². The lowest BCUT2D eigenvalue weighted by Gasteiger charge is -2.28. The van der Waals surface area contributed by atoms with Gasteiger partial charge >= 0.3 is 0 Å². The minimum Gasteiger partial charge on any atom is -0.352 e. The van der Waals surface area contributed by atoms with Crippen LogP contribution in [0.25, 0.3) is 0 Å². The summed E-state index contributed by atoms with van der Waals surface area (Å²) in [5.74, 6) is 1.03. The number of amides is 1. The summed E-state index contributed by atoms with van der Waals surface area (Å²) < 4.78 is 27.9. The molecule has 2 aliphatic rings. The number of nitrogens with one attached hydrogen (secondary N) is 1. The molecule has 2 aromatic rings. The van der Waals surface area contributed by atoms with Gasteiger partial charge in [-0.15, -0.1) is 0 Å². The minimum absolute atomic E-state index is 0.185. The Labute approximate surface area is 166 Å². The van der Waals surface area contributed by atoms with E-state index in [1.807, 2.05) is 19.1 Å². The molecule has 1 amide bonds. The zero-order valence-corrected chi connectivity index (χ0v) is 16.9. The highest BCUT2D eigenvalue weighted by molar-refractivity contribution is 7.92. The Morgan fingerprint density at radius 1 is 1.04 bits per heavy atom. The highest BCUT2D eigenvalue weighted by Gasteiger charge is 2.40. The van der Waals surface area contributed by atoms with Crippen molar-refractivity contribution in [3.8, 4) is 0 Å². The fourth-order valence-electron chi connectivity index (χ4n) is 4.67. The Hall–Kier alpha value is -2.34. The van der Waals surface area contributed by atoms with E-state index in [-0.39, 0.29) is 23.4 Å². The smallest absolute Gasteiger partial charge is 0.264 e. The largest absolute Gasteiger partial charge is 0.352 e. The standard InChI is InChI=1S/C22H26N2O3S/c1-16-7-5-6-10-21(16)24(28(26,27)19-8-3-2-4-9-19)15-22(25)23-20-14-17-11-12-18(20)13-17/h2-10,17-18,20H,11-15H2,1H3,(H,23,25)/t17-,18-,20-/m1/s1. The van der Waals surface area contributed by atoms with Gasteiger partial charge in [-0.1, -0.05) is 42.8 Å². The van der Waals surface area contributed by atoms with Crippen LogP contribution in [-0.4, -0.2) is 26.9 Å². The predicted octanol–water partition coefficient (Wildman–Crippen LogP) is 3.50. The Morgan fingerprint density at radius 2 is 1.75 bits per heavy atom. The van der Waals surface area contributed by atoms with Crippen molar-refractivity contribution in [2.24, 2.45) is 11.8 Å². The average molecular weight is 399 g/mol. The number of carbonyl (C=O) groups excluding carboxylic acids is 1. The highest BCUT2D eigenvalue weighted by atomic mass is 32.2. The number of carbonyl (C=O) groups is 1. The second-order valence-electron chi connectivity index (χ2n) is 7.96. The summed E-state index contributed by atoms with van der Waals surface area (Å²) in [7, 11) is -3.84. The molecule has 148 valence electrons. The van der Waals surface area contributed by atoms with Crippen LogP contribution in [0.4, 0.5) is 5.69 Å². The maximum atomic E-state index is 13.3. The molecule has 2 saturated carbocycles. The first-order chi connectivity index (χ1) is 13.4. The molecule has 2 aliphatic carbocycles. The molecule has 2 fully saturated rings. The third-order valence-corrected chi connectivity index (χ3v) is 7.86. The van der Waals surface area contributed by atoms with Crippen LogP contribution < -0.4 is 9.62 Å². The van der Waals surface area contributed by atoms with Gasteiger partial charge in [-0.3, -0.25) is 9.10 Å². The summed E-state index contributed by atoms with van der Waals surface area (Å²) in [6, 6.07) is 15.7. The number of para-hydroxylation sites is 1. The molecule has 0 aliphatic heterocycles. The van der Waals surface area contributed by atoms with Crippen molar-refractivity contribution < 1.29 is 13.2 Å². The van der Waals surface area contributed by atoms with Crippen LogP contribution in [0, 0.1) is 18.8 Å². The van der Waals surface area contributed by atoms with Gasteiger partial charge in [0.25, 0.3) is 10.0 Å². The number of hydrogen-bond donors (Lipinski definition) is 1. The van der Waals surface area contributed by atoms with Crippen LogP contribution in [-0.2, 0) is 14.8 Å². The van der Waals surface area contributed by atoms with Crippen molar-refractivity contribution >= 4 is 21.6 Å². The second kappa shape index (κ2) is 7.59. The molecular formula is C22H26N2O3S. The molecule has 2 aromatic carbocycles. The van der Waals surface area contributed by atoms with Gasteiger partial charge in [-0.25, -0.2) is 8.42 Å². The van der Waals surface area contributed by atoms with Gasteiger partial charge in [0, 0.05) is 6.04 Å². The summed E-state index contributed by atoms with van der Waals surface area (Å²) in [5.41, 5.74) is 1.35. The molecule has 6 heteroatoms. The summed E-state index contributed by atoms with van der Waals surface area (Å²) in [5, 5.41) is 3.11. The van der Waals surface area contributed by atoms with Crippen LogP contribution in [0.2, 0.25) is 0 Å². The quantitative estimate of drug-likeness (QED) is 0.810. The Kier molecular flexibility index (Phi) is 5.15. The number of sulfonamides is 1. The normalized spacial score (nSPS) is 23.5. The Bertz CT molecular complexity index is 959. The Morgan fingerprint density at radius 3 is 2.39 bits per heavy atom. The van der Waals surface area contributed by atoms with E-state index in [1.165, 1.54) is 23.6 Å². The molecule has 3 atom stereocenters. The monoisotopic (exact) mass is 398 g/mol. The number of benzene rings is 2. The van der Waals surface area contributed by atoms with Gasteiger partial charge in [0.05, 0.1) is 10.6 Å². The van der Waals surface area contributed by atoms with Crippen LogP contribution >= 0.6 is 0 Å². The van der Waals surface area contributed by atoms with Crippen molar-refractivity contribution in [1.29, 1.82) is 0 Å². The molecule has 4 rings (SSSR count). The van der Waals surface area contributed by atoms with Crippen LogP contribution in [0.5, 0.6) is 0 Å². The topological polar surface area (TPSA) is 66.5 Å². The van der Waals surface area contributed by atoms with E-state index in [1.54, 1.807) is 42.5 Å². The Balaban J connectivity index is 1.60. The zero-order chi connectivity index (χ0) is 19.7. The van der Waals surface area contributed by atoms with Crippen LogP contribution in [0.3, 0.4) is 0 Å². The van der Waals surface area contributed by atoms with Gasteiger partial charge in [0.1, 0.15) is 6.54 Å². The summed E-state index contributed by atoms with van der Waals surface area (Å²) in [6.07, 6.45) is 4.63. The SMILES string of the molecule is Cc1ccccc1N(CC(=O)N[C@@H]1C[C@@H]2CC[C@@H]1C2)S(=O)(=O)c1ccccc1. The second-order valence-corrected chi connectivity index (χ2v) is 9.82. The zero-order valence-electron chi connectivity index (χ0n) is 16.0. The van der Waals surface area contributed by atoms with Gasteiger partial charge in [-0.2, -0.15) is 0 Å². The fourth-order valence-corrected chi connectivity index (χ4v) is 6.17. The molecule has 28 heavy (non-hydrogen) atoms. The van der Waals surface area contributed by atoms with E-state index in [4.69, 9.17) is 0 Å². The minimum atomic E-state index is -3.84. The van der Waals surface area contributed by atoms with Gasteiger partial charge < -0.3 is 5.32 Å². The lowest BCUT2D eigenvalue weighted by atomic mass is 9.95. The lowest BCUT2D eigenvalue weighted by Crippen LogP contribution is -2.46. The van der Waals surface area contributed by atoms with Crippen LogP contribution in [0.1, 0.15) is 31.2 Å². The van der Waals surface area contributed by atoms with Crippen molar-refractivity contribution in [2.45, 2.75) is 43.5 Å². The van der Waals surface area contributed by atoms with Crippen molar-refractivity contribution in [3.63, 3.8) is 0 Å². The molecule has 0 aromatic heterocycles. The number of fused-ring (bicyclic) bond motifs is 2. The molecular weight excluding hydrogens is 372 g/mol. The third-order valence-electron chi connectivity index (χ3n) is 6.09. The molecule has 1 N–H and O–H groups in total. The maximum absolute atomic E-state index is 13.3. The van der Waals surface area contributed by atoms with Crippen molar-refractivity contribution in [3.05, 3.63) is 60.2 Å². The first-order valence-corrected chi connectivity index (χ1v) is 11.3. The summed E-state index contributed by atoms with van der Waals surface area (Å²) >= 11 is 0. The van der Waals surface area contributed by atoms with E-state index in [2.05, 4.69) is 5.32 Å². The van der Waals surface area contributed by atoms with Crippen molar-refractivity contribution in [2.75, 3.05) is 10.8 Å². The first kappa shape index (κ1) is 19.0. The van der Waals surface area contributed by atoms with E-state index < -0.39 is 10.0 Å². The van der Waals surface area contributed by atoms with E-state index in [0.29, 0.717) is 11.6 Å². The lowest BCUT2D eigenvalue weighted by molar-refractivity contribution is -0.120. The molecule has 0 spiro atoms. The third kappa shape index (κ3) is 3.65. The fraction of sp³-hybridized carbons (Fsp3) is 0.409. The molecule has 5 nitrogen and oxygen atoms in total. The molecule has 0 saturated heterocycles. The molecule has 0 heterocycles. The predicted molar refractivity (Wildman–Crippen MR) is 110 cm³/mol. The van der Waals surface area contributed by atoms with Gasteiger partial charge in [0.2, 0.25) is 5.91 Å². The number of nitrogens with zero attached hydrogens (tertiary/aromatic N) is 1. The average Bonchev–Trinajstić information content (AvgIpc) is 3.30.